The number of carbonyl (C=O) groups is 3. The minimum Gasteiger partial charge on any atom is -0.372 e. The van der Waals surface area contributed by atoms with E-state index >= 15 is 0 Å². The summed E-state index contributed by atoms with van der Waals surface area (Å²) >= 11 is 1.00. The first kappa shape index (κ1) is 34.1. The zero-order valence-electron chi connectivity index (χ0n) is 25.8. The van der Waals surface area contributed by atoms with E-state index in [9.17, 15) is 27.7 Å². The normalized spacial score (nSPS) is 20.4. The van der Waals surface area contributed by atoms with Gasteiger partial charge in [0.2, 0.25) is 11.8 Å². The fourth-order valence-electron chi connectivity index (χ4n) is 5.92. The lowest BCUT2D eigenvalue weighted by Gasteiger charge is -2.36. The third-order valence-corrected chi connectivity index (χ3v) is 10.5. The largest absolute Gasteiger partial charge is 0.399 e. The predicted octanol–water partition coefficient (Wildman–Crippen LogP) is 5.25. The van der Waals surface area contributed by atoms with Crippen LogP contribution in [0.5, 0.6) is 0 Å². The minimum atomic E-state index is -5.77. The average Bonchev–Trinajstić information content (AvgIpc) is 3.59. The highest BCUT2D eigenvalue weighted by molar-refractivity contribution is 7.52. The molecule has 0 bridgehead atoms. The molecular formula is C32H38F2N3O7PS. The van der Waals surface area contributed by atoms with Gasteiger partial charge in [0.05, 0.1) is 11.4 Å². The number of amides is 3. The molecule has 0 radical (unpaired) electrons. The number of thiophene rings is 1. The molecule has 3 atom stereocenters. The molecule has 0 spiro atoms. The van der Waals surface area contributed by atoms with Crippen LogP contribution < -0.4 is 5.32 Å². The number of hydrogen-bond donors (Lipinski definition) is 3. The number of nitrogens with zero attached hydrogens (tertiary/aromatic N) is 2. The van der Waals surface area contributed by atoms with E-state index in [-0.39, 0.29) is 28.2 Å². The highest BCUT2D eigenvalue weighted by Crippen LogP contribution is 2.59. The van der Waals surface area contributed by atoms with Crippen LogP contribution in [0.1, 0.15) is 66.9 Å². The maximum atomic E-state index is 14.3. The molecule has 2 saturated heterocycles. The lowest BCUT2D eigenvalue weighted by atomic mass is 9.85. The van der Waals surface area contributed by atoms with Gasteiger partial charge < -0.3 is 29.6 Å². The Labute approximate surface area is 269 Å². The van der Waals surface area contributed by atoms with E-state index in [0.717, 1.165) is 29.0 Å². The zero-order chi connectivity index (χ0) is 33.4. The quantitative estimate of drug-likeness (QED) is 0.291. The molecule has 3 aromatic rings. The van der Waals surface area contributed by atoms with Crippen molar-refractivity contribution >= 4 is 46.7 Å². The van der Waals surface area contributed by atoms with Crippen molar-refractivity contribution in [3.8, 4) is 0 Å². The van der Waals surface area contributed by atoms with Crippen LogP contribution in [-0.2, 0) is 24.6 Å². The molecule has 10 nitrogen and oxygen atoms in total. The first-order valence-electron chi connectivity index (χ1n) is 15.1. The molecule has 3 N–H and O–H groups in total. The van der Waals surface area contributed by atoms with Crippen LogP contribution in [0.25, 0.3) is 10.1 Å². The van der Waals surface area contributed by atoms with Gasteiger partial charge in [0.25, 0.3) is 5.91 Å². The Bertz CT molecular complexity index is 1660. The van der Waals surface area contributed by atoms with E-state index in [1.54, 1.807) is 30.6 Å². The summed E-state index contributed by atoms with van der Waals surface area (Å²) < 4.78 is 46.5. The number of nitrogens with one attached hydrogen (secondary N) is 1. The molecule has 3 heterocycles. The smallest absolute Gasteiger partial charge is 0.372 e. The van der Waals surface area contributed by atoms with E-state index in [2.05, 4.69) is 5.32 Å². The molecule has 1 aromatic heterocycles. The third kappa shape index (κ3) is 7.03. The fraction of sp³-hybridized carbons (Fsp3) is 0.469. The van der Waals surface area contributed by atoms with E-state index in [4.69, 9.17) is 14.5 Å². The minimum absolute atomic E-state index is 0.138. The molecular weight excluding hydrogens is 639 g/mol. The van der Waals surface area contributed by atoms with Crippen LogP contribution in [0.2, 0.25) is 0 Å². The van der Waals surface area contributed by atoms with Crippen molar-refractivity contribution in [1.82, 2.24) is 15.1 Å². The van der Waals surface area contributed by atoms with Crippen molar-refractivity contribution in [2.24, 2.45) is 5.41 Å². The van der Waals surface area contributed by atoms with Crippen molar-refractivity contribution in [1.29, 1.82) is 0 Å². The standard InChI is InChI=1S/C32H38F2N3O7PS/c1-31(2,3)27(35-28(38)26-18-21-17-22(12-13-25(21)46-26)32(33,34)45(41,42)43)30(40)37-15-7-11-23(37)29(39)36-14-8-16-44-24(19-36)20-9-5-4-6-10-20/h4-6,9-10,12-13,17-18,23-24,27H,7-8,11,14-16,19H2,1-3H3,(H,35,38)(H2,41,42,43)/t23-,24?,27+/m0/s1. The summed E-state index contributed by atoms with van der Waals surface area (Å²) in [6.07, 6.45) is 1.53. The predicted molar refractivity (Wildman–Crippen MR) is 170 cm³/mol. The van der Waals surface area contributed by atoms with Gasteiger partial charge in [-0.05, 0) is 53.8 Å². The molecule has 0 saturated carbocycles. The number of hydrogen-bond acceptors (Lipinski definition) is 6. The number of ether oxygens (including phenoxy) is 1. The summed E-state index contributed by atoms with van der Waals surface area (Å²) in [5, 5.41) is 3.03. The lowest BCUT2D eigenvalue weighted by Crippen LogP contribution is -2.58. The van der Waals surface area contributed by atoms with Crippen LogP contribution >= 0.6 is 18.9 Å². The number of fused-ring (bicyclic) bond motifs is 1. The average molecular weight is 678 g/mol. The van der Waals surface area contributed by atoms with E-state index in [1.807, 2.05) is 30.3 Å². The first-order valence-corrected chi connectivity index (χ1v) is 17.5. The summed E-state index contributed by atoms with van der Waals surface area (Å²) in [7, 11) is -5.77. The van der Waals surface area contributed by atoms with Gasteiger partial charge in [0.1, 0.15) is 18.2 Å². The molecule has 2 aliphatic heterocycles. The monoisotopic (exact) mass is 677 g/mol. The summed E-state index contributed by atoms with van der Waals surface area (Å²) in [5.41, 5.74) is -5.02. The number of likely N-dealkylation sites (tertiary alicyclic amines) is 1. The summed E-state index contributed by atoms with van der Waals surface area (Å²) in [4.78, 5) is 63.2. The molecule has 5 rings (SSSR count). The number of halogens is 2. The zero-order valence-corrected chi connectivity index (χ0v) is 27.5. The number of benzene rings is 2. The highest BCUT2D eigenvalue weighted by Gasteiger charge is 2.50. The van der Waals surface area contributed by atoms with Crippen molar-refractivity contribution in [3.05, 3.63) is 70.6 Å². The summed E-state index contributed by atoms with van der Waals surface area (Å²) in [5.74, 6) is -1.13. The molecule has 14 heteroatoms. The molecule has 0 aliphatic carbocycles. The second kappa shape index (κ2) is 13.1. The van der Waals surface area contributed by atoms with Crippen LogP contribution in [0.15, 0.2) is 54.6 Å². The van der Waals surface area contributed by atoms with Crippen molar-refractivity contribution in [3.63, 3.8) is 0 Å². The van der Waals surface area contributed by atoms with Crippen LogP contribution in [-0.4, -0.2) is 75.6 Å². The SMILES string of the molecule is CC(C)(C)[C@H](NC(=O)c1cc2cc(C(F)(F)P(=O)(O)O)ccc2s1)C(=O)N1CCC[C@H]1C(=O)N1CCCOC(c2ccccc2)C1. The Morgan fingerprint density at radius 3 is 2.43 bits per heavy atom. The Morgan fingerprint density at radius 1 is 1.04 bits per heavy atom. The van der Waals surface area contributed by atoms with Gasteiger partial charge in [-0.3, -0.25) is 18.9 Å². The molecule has 2 fully saturated rings. The molecule has 2 aliphatic rings. The number of carbonyl (C=O) groups excluding carboxylic acids is 3. The number of alkyl halides is 2. The lowest BCUT2D eigenvalue weighted by molar-refractivity contribution is -0.146. The van der Waals surface area contributed by atoms with Crippen molar-refractivity contribution in [2.45, 2.75) is 63.9 Å². The van der Waals surface area contributed by atoms with E-state index in [0.29, 0.717) is 50.2 Å². The first-order chi connectivity index (χ1) is 21.6. The van der Waals surface area contributed by atoms with Crippen LogP contribution in [0, 0.1) is 5.41 Å². The molecule has 3 amide bonds. The Hall–Kier alpha value is -3.22. The maximum Gasteiger partial charge on any atom is 0.399 e. The van der Waals surface area contributed by atoms with E-state index in [1.165, 1.54) is 12.1 Å². The Kier molecular flexibility index (Phi) is 9.73. The molecule has 248 valence electrons. The maximum absolute atomic E-state index is 14.3. The fourth-order valence-corrected chi connectivity index (χ4v) is 7.34. The van der Waals surface area contributed by atoms with Crippen molar-refractivity contribution in [2.75, 3.05) is 26.2 Å². The van der Waals surface area contributed by atoms with Gasteiger partial charge in [-0.25, -0.2) is 0 Å². The summed E-state index contributed by atoms with van der Waals surface area (Å²) in [6, 6.07) is 12.5. The van der Waals surface area contributed by atoms with E-state index < -0.39 is 42.2 Å². The molecule has 46 heavy (non-hydrogen) atoms. The third-order valence-electron chi connectivity index (χ3n) is 8.42. The van der Waals surface area contributed by atoms with Gasteiger partial charge in [0.15, 0.2) is 0 Å². The second-order valence-electron chi connectivity index (χ2n) is 12.8. The Balaban J connectivity index is 1.33. The second-order valence-corrected chi connectivity index (χ2v) is 15.6. The highest BCUT2D eigenvalue weighted by atomic mass is 32.1. The molecule has 2 aromatic carbocycles. The summed E-state index contributed by atoms with van der Waals surface area (Å²) in [6.45, 7) is 7.17. The topological polar surface area (TPSA) is 136 Å². The number of rotatable bonds is 7. The van der Waals surface area contributed by atoms with Gasteiger partial charge in [-0.15, -0.1) is 11.3 Å². The Morgan fingerprint density at radius 2 is 1.76 bits per heavy atom. The van der Waals surface area contributed by atoms with Gasteiger partial charge in [0, 0.05) is 30.0 Å². The van der Waals surface area contributed by atoms with Crippen molar-refractivity contribution < 1.29 is 42.3 Å². The van der Waals surface area contributed by atoms with Crippen LogP contribution in [0.4, 0.5) is 8.78 Å². The van der Waals surface area contributed by atoms with Crippen LogP contribution in [0.3, 0.4) is 0 Å². The van der Waals surface area contributed by atoms with Gasteiger partial charge in [-0.1, -0.05) is 57.2 Å². The molecule has 1 unspecified atom stereocenters. The van der Waals surface area contributed by atoms with Gasteiger partial charge >= 0.3 is 13.3 Å². The van der Waals surface area contributed by atoms with Gasteiger partial charge in [-0.2, -0.15) is 8.78 Å².